The van der Waals surface area contributed by atoms with E-state index < -0.39 is 20.0 Å². The predicted molar refractivity (Wildman–Crippen MR) is 71.8 cm³/mol. The molecule has 0 saturated carbocycles. The van der Waals surface area contributed by atoms with Crippen molar-refractivity contribution in [2.24, 2.45) is 5.14 Å². The molecular weight excluding hydrogens is 292 g/mol. The molecule has 108 valence electrons. The Morgan fingerprint density at radius 2 is 1.89 bits per heavy atom. The van der Waals surface area contributed by atoms with Gasteiger partial charge in [-0.3, -0.25) is 4.72 Å². The van der Waals surface area contributed by atoms with Gasteiger partial charge in [0.15, 0.2) is 0 Å². The zero-order valence-corrected chi connectivity index (χ0v) is 12.2. The molecule has 0 heterocycles. The van der Waals surface area contributed by atoms with Crippen molar-refractivity contribution in [1.82, 2.24) is 0 Å². The number of anilines is 1. The van der Waals surface area contributed by atoms with Crippen LogP contribution in [-0.4, -0.2) is 36.3 Å². The number of ether oxygens (including phenoxy) is 1. The Morgan fingerprint density at radius 3 is 2.37 bits per heavy atom. The molecule has 19 heavy (non-hydrogen) atoms. The summed E-state index contributed by atoms with van der Waals surface area (Å²) < 4.78 is 52.7. The second kappa shape index (κ2) is 5.87. The minimum Gasteiger partial charge on any atom is -0.384 e. The molecule has 0 amide bonds. The van der Waals surface area contributed by atoms with Crippen LogP contribution < -0.4 is 9.86 Å². The van der Waals surface area contributed by atoms with Gasteiger partial charge in [-0.1, -0.05) is 0 Å². The highest BCUT2D eigenvalue weighted by atomic mass is 32.2. The summed E-state index contributed by atoms with van der Waals surface area (Å²) in [5, 5.41) is 5.02. The molecule has 0 aliphatic rings. The van der Waals surface area contributed by atoms with Gasteiger partial charge in [0.05, 0.1) is 17.3 Å². The molecular formula is C10H16N2O5S2. The Bertz CT molecular complexity index is 652. The van der Waals surface area contributed by atoms with E-state index in [4.69, 9.17) is 5.14 Å². The van der Waals surface area contributed by atoms with Gasteiger partial charge in [-0.2, -0.15) is 0 Å². The molecule has 1 rings (SSSR count). The summed E-state index contributed by atoms with van der Waals surface area (Å²) in [5.41, 5.74) is 0.649. The van der Waals surface area contributed by atoms with Crippen LogP contribution >= 0.6 is 0 Å². The molecule has 0 bridgehead atoms. The topological polar surface area (TPSA) is 116 Å². The monoisotopic (exact) mass is 308 g/mol. The van der Waals surface area contributed by atoms with Gasteiger partial charge in [-0.05, 0) is 30.7 Å². The Kier molecular flexibility index (Phi) is 4.91. The molecule has 0 aliphatic carbocycles. The molecule has 0 atom stereocenters. The summed E-state index contributed by atoms with van der Waals surface area (Å²) in [4.78, 5) is -0.0349. The standard InChI is InChI=1S/C10H16N2O5S2/c1-8-7-9(3-4-10(8)19(11,15)16)12-18(13,14)6-5-17-2/h3-4,7,12H,5-6H2,1-2H3,(H2,11,15,16). The van der Waals surface area contributed by atoms with Crippen LogP contribution in [0.1, 0.15) is 5.56 Å². The minimum atomic E-state index is -3.81. The van der Waals surface area contributed by atoms with Gasteiger partial charge >= 0.3 is 0 Å². The first-order valence-corrected chi connectivity index (χ1v) is 8.48. The van der Waals surface area contributed by atoms with Crippen molar-refractivity contribution in [3.63, 3.8) is 0 Å². The zero-order chi connectivity index (χ0) is 14.7. The maximum Gasteiger partial charge on any atom is 0.238 e. The number of aryl methyl sites for hydroxylation is 1. The van der Waals surface area contributed by atoms with Crippen LogP contribution in [0.5, 0.6) is 0 Å². The van der Waals surface area contributed by atoms with Crippen LogP contribution in [-0.2, 0) is 24.8 Å². The van der Waals surface area contributed by atoms with Gasteiger partial charge in [0.1, 0.15) is 0 Å². The Balaban J connectivity index is 2.97. The van der Waals surface area contributed by atoms with Gasteiger partial charge in [-0.15, -0.1) is 0 Å². The van der Waals surface area contributed by atoms with Gasteiger partial charge < -0.3 is 4.74 Å². The number of sulfonamides is 2. The second-order valence-corrected chi connectivity index (χ2v) is 7.31. The number of hydrogen-bond donors (Lipinski definition) is 2. The van der Waals surface area contributed by atoms with Gasteiger partial charge in [0, 0.05) is 12.8 Å². The molecule has 9 heteroatoms. The number of primary sulfonamides is 1. The fourth-order valence-corrected chi connectivity index (χ4v) is 3.20. The average molecular weight is 308 g/mol. The lowest BCUT2D eigenvalue weighted by molar-refractivity contribution is 0.217. The Labute approximate surface area is 112 Å². The molecule has 0 fully saturated rings. The predicted octanol–water partition coefficient (Wildman–Crippen LogP) is 0.0305. The van der Waals surface area contributed by atoms with Crippen LogP contribution in [0.25, 0.3) is 0 Å². The minimum absolute atomic E-state index is 0.0349. The third-order valence-corrected chi connectivity index (χ3v) is 4.63. The number of nitrogens with two attached hydrogens (primary N) is 1. The van der Waals surface area contributed by atoms with E-state index in [1.165, 1.54) is 32.2 Å². The fourth-order valence-electron chi connectivity index (χ4n) is 1.46. The van der Waals surface area contributed by atoms with Crippen LogP contribution in [0, 0.1) is 6.92 Å². The number of benzene rings is 1. The lowest BCUT2D eigenvalue weighted by Gasteiger charge is -2.10. The molecule has 3 N–H and O–H groups in total. The highest BCUT2D eigenvalue weighted by molar-refractivity contribution is 7.92. The summed E-state index contributed by atoms with van der Waals surface area (Å²) >= 11 is 0. The van der Waals surface area contributed by atoms with Crippen molar-refractivity contribution < 1.29 is 21.6 Å². The summed E-state index contributed by atoms with van der Waals surface area (Å²) in [7, 11) is -5.92. The molecule has 0 unspecified atom stereocenters. The van der Waals surface area contributed by atoms with Crippen molar-refractivity contribution in [2.75, 3.05) is 24.2 Å². The van der Waals surface area contributed by atoms with E-state index >= 15 is 0 Å². The first kappa shape index (κ1) is 15.9. The van der Waals surface area contributed by atoms with Crippen LogP contribution in [0.15, 0.2) is 23.1 Å². The summed E-state index contributed by atoms with van der Waals surface area (Å²) in [6, 6.07) is 4.01. The lowest BCUT2D eigenvalue weighted by atomic mass is 10.2. The normalized spacial score (nSPS) is 12.4. The van der Waals surface area contributed by atoms with E-state index in [1.807, 2.05) is 0 Å². The van der Waals surface area contributed by atoms with E-state index in [2.05, 4.69) is 9.46 Å². The van der Waals surface area contributed by atoms with Gasteiger partial charge in [0.2, 0.25) is 20.0 Å². The van der Waals surface area contributed by atoms with E-state index in [0.29, 0.717) is 5.56 Å². The van der Waals surface area contributed by atoms with Gasteiger partial charge in [0.25, 0.3) is 0 Å². The van der Waals surface area contributed by atoms with Crippen LogP contribution in [0.3, 0.4) is 0 Å². The SMILES string of the molecule is COCCS(=O)(=O)Nc1ccc(S(N)(=O)=O)c(C)c1. The second-order valence-electron chi connectivity index (χ2n) is 3.94. The van der Waals surface area contributed by atoms with Crippen molar-refractivity contribution >= 4 is 25.7 Å². The fraction of sp³-hybridized carbons (Fsp3) is 0.400. The van der Waals surface area contributed by atoms with E-state index in [0.717, 1.165) is 0 Å². The van der Waals surface area contributed by atoms with E-state index in [1.54, 1.807) is 0 Å². The van der Waals surface area contributed by atoms with Crippen molar-refractivity contribution in [3.05, 3.63) is 23.8 Å². The third kappa shape index (κ3) is 4.78. The van der Waals surface area contributed by atoms with Crippen LogP contribution in [0.2, 0.25) is 0 Å². The molecule has 0 radical (unpaired) electrons. The van der Waals surface area contributed by atoms with Crippen molar-refractivity contribution in [1.29, 1.82) is 0 Å². The Hall–Kier alpha value is -1.16. The van der Waals surface area contributed by atoms with Crippen molar-refractivity contribution in [2.45, 2.75) is 11.8 Å². The molecule has 0 saturated heterocycles. The summed E-state index contributed by atoms with van der Waals surface area (Å²) in [6.45, 7) is 1.61. The quantitative estimate of drug-likeness (QED) is 0.769. The smallest absolute Gasteiger partial charge is 0.238 e. The van der Waals surface area contributed by atoms with Gasteiger partial charge in [-0.25, -0.2) is 22.0 Å². The number of hydrogen-bond acceptors (Lipinski definition) is 5. The average Bonchev–Trinajstić information content (AvgIpc) is 2.24. The number of nitrogens with one attached hydrogen (secondary N) is 1. The molecule has 0 aromatic heterocycles. The van der Waals surface area contributed by atoms with E-state index in [9.17, 15) is 16.8 Å². The Morgan fingerprint density at radius 1 is 1.26 bits per heavy atom. The maximum absolute atomic E-state index is 11.6. The zero-order valence-electron chi connectivity index (χ0n) is 10.6. The largest absolute Gasteiger partial charge is 0.384 e. The molecule has 7 nitrogen and oxygen atoms in total. The van der Waals surface area contributed by atoms with E-state index in [-0.39, 0.29) is 22.9 Å². The first-order chi connectivity index (χ1) is 8.65. The van der Waals surface area contributed by atoms with Crippen molar-refractivity contribution in [3.8, 4) is 0 Å². The number of methoxy groups -OCH3 is 1. The highest BCUT2D eigenvalue weighted by Crippen LogP contribution is 2.19. The molecule has 0 spiro atoms. The third-order valence-electron chi connectivity index (χ3n) is 2.31. The molecule has 1 aromatic rings. The first-order valence-electron chi connectivity index (χ1n) is 5.28. The molecule has 0 aliphatic heterocycles. The summed E-state index contributed by atoms with van der Waals surface area (Å²) in [6.07, 6.45) is 0. The highest BCUT2D eigenvalue weighted by Gasteiger charge is 2.14. The lowest BCUT2D eigenvalue weighted by Crippen LogP contribution is -2.20. The number of rotatable bonds is 6. The maximum atomic E-state index is 11.6. The molecule has 1 aromatic carbocycles. The van der Waals surface area contributed by atoms with Crippen LogP contribution in [0.4, 0.5) is 5.69 Å². The summed E-state index contributed by atoms with van der Waals surface area (Å²) in [5.74, 6) is -0.181.